The van der Waals surface area contributed by atoms with E-state index in [4.69, 9.17) is 27.9 Å². The Kier molecular flexibility index (Phi) is 10.4. The van der Waals surface area contributed by atoms with E-state index in [2.05, 4.69) is 10.3 Å². The van der Waals surface area contributed by atoms with Crippen LogP contribution in [0.5, 0.6) is 5.75 Å². The number of amides is 3. The molecule has 5 rings (SSSR count). The van der Waals surface area contributed by atoms with Crippen LogP contribution in [0.3, 0.4) is 0 Å². The summed E-state index contributed by atoms with van der Waals surface area (Å²) < 4.78 is 6.09. The van der Waals surface area contributed by atoms with Crippen molar-refractivity contribution in [1.29, 1.82) is 0 Å². The number of ether oxygens (including phenoxy) is 1. The summed E-state index contributed by atoms with van der Waals surface area (Å²) in [5.41, 5.74) is 4.02. The smallest absolute Gasteiger partial charge is 0.246 e. The van der Waals surface area contributed by atoms with Crippen molar-refractivity contribution >= 4 is 85.6 Å². The van der Waals surface area contributed by atoms with Gasteiger partial charge in [0, 0.05) is 47.4 Å². The van der Waals surface area contributed by atoms with Gasteiger partial charge in [-0.25, -0.2) is 4.98 Å². The van der Waals surface area contributed by atoms with Crippen LogP contribution in [0.25, 0.3) is 17.0 Å². The molecule has 234 valence electrons. The Balaban J connectivity index is 1.19. The van der Waals surface area contributed by atoms with Gasteiger partial charge in [0.15, 0.2) is 0 Å². The van der Waals surface area contributed by atoms with Crippen LogP contribution in [0.2, 0.25) is 10.0 Å². The SMILES string of the molecule is CC(=O)N(c1ccc(C=CC(=O)NCC(=O)N(C)c2ccc(Cl)c(COc3cccc4ccc(C)nc34)c2Cl)cc1)c1cccs1. The van der Waals surface area contributed by atoms with Crippen molar-refractivity contribution in [1.82, 2.24) is 10.3 Å². The fraction of sp³-hybridized carbons (Fsp3) is 0.143. The van der Waals surface area contributed by atoms with Gasteiger partial charge in [0.1, 0.15) is 22.9 Å². The zero-order valence-electron chi connectivity index (χ0n) is 25.3. The summed E-state index contributed by atoms with van der Waals surface area (Å²) in [4.78, 5) is 45.3. The maximum absolute atomic E-state index is 13.0. The molecule has 3 aromatic carbocycles. The molecule has 0 aliphatic carbocycles. The molecule has 2 heterocycles. The Morgan fingerprint density at radius 1 is 0.978 bits per heavy atom. The minimum atomic E-state index is -0.440. The number of pyridine rings is 1. The Morgan fingerprint density at radius 3 is 2.48 bits per heavy atom. The van der Waals surface area contributed by atoms with Crippen LogP contribution in [-0.4, -0.2) is 36.3 Å². The number of hydrogen-bond acceptors (Lipinski definition) is 6. The standard InChI is InChI=1S/C35H30Cl2N4O4S/c1-22-9-13-25-6-4-7-30(35(25)39-22)45-21-27-28(36)16-17-29(34(27)37)40(3)32(44)20-38-31(43)18-12-24-10-14-26(15-11-24)41(23(2)42)33-8-5-19-46-33/h4-19H,20-21H2,1-3H3,(H,38,43). The molecule has 0 bridgehead atoms. The third-order valence-electron chi connectivity index (χ3n) is 7.13. The predicted octanol–water partition coefficient (Wildman–Crippen LogP) is 7.97. The number of likely N-dealkylation sites (N-methyl/N-ethyl adjacent to an activating group) is 1. The minimum absolute atomic E-state index is 0.0611. The number of aromatic nitrogens is 1. The molecule has 0 atom stereocenters. The summed E-state index contributed by atoms with van der Waals surface area (Å²) in [5.74, 6) is -0.331. The molecule has 2 aromatic heterocycles. The van der Waals surface area contributed by atoms with Crippen molar-refractivity contribution in [2.75, 3.05) is 23.4 Å². The first-order chi connectivity index (χ1) is 22.1. The summed E-state index contributed by atoms with van der Waals surface area (Å²) in [5, 5.41) is 6.95. The van der Waals surface area contributed by atoms with Gasteiger partial charge in [0.05, 0.1) is 17.3 Å². The molecule has 0 spiro atoms. The summed E-state index contributed by atoms with van der Waals surface area (Å²) >= 11 is 14.7. The number of halogens is 2. The molecule has 0 aliphatic heterocycles. The van der Waals surface area contributed by atoms with Crippen molar-refractivity contribution < 1.29 is 19.1 Å². The largest absolute Gasteiger partial charge is 0.487 e. The highest BCUT2D eigenvalue weighted by Gasteiger charge is 2.20. The number of anilines is 3. The van der Waals surface area contributed by atoms with E-state index >= 15 is 0 Å². The van der Waals surface area contributed by atoms with E-state index in [1.807, 2.05) is 79.0 Å². The fourth-order valence-corrected chi connectivity index (χ4v) is 6.10. The second kappa shape index (κ2) is 14.6. The third kappa shape index (κ3) is 7.56. The van der Waals surface area contributed by atoms with Crippen molar-refractivity contribution in [3.63, 3.8) is 0 Å². The van der Waals surface area contributed by atoms with Crippen LogP contribution in [0.1, 0.15) is 23.7 Å². The van der Waals surface area contributed by atoms with E-state index < -0.39 is 5.91 Å². The van der Waals surface area contributed by atoms with E-state index in [1.165, 1.54) is 29.2 Å². The molecule has 46 heavy (non-hydrogen) atoms. The molecule has 1 N–H and O–H groups in total. The lowest BCUT2D eigenvalue weighted by Crippen LogP contribution is -2.37. The maximum atomic E-state index is 13.0. The monoisotopic (exact) mass is 672 g/mol. The number of hydrogen-bond donors (Lipinski definition) is 1. The number of rotatable bonds is 10. The minimum Gasteiger partial charge on any atom is -0.487 e. The first kappa shape index (κ1) is 32.7. The Hall–Kier alpha value is -4.70. The normalized spacial score (nSPS) is 11.1. The van der Waals surface area contributed by atoms with Gasteiger partial charge >= 0.3 is 0 Å². The number of carbonyl (C=O) groups is 3. The highest BCUT2D eigenvalue weighted by atomic mass is 35.5. The lowest BCUT2D eigenvalue weighted by Gasteiger charge is -2.21. The summed E-state index contributed by atoms with van der Waals surface area (Å²) in [7, 11) is 1.57. The van der Waals surface area contributed by atoms with Crippen LogP contribution in [-0.2, 0) is 21.0 Å². The predicted molar refractivity (Wildman–Crippen MR) is 186 cm³/mol. The molecule has 0 saturated heterocycles. The summed E-state index contributed by atoms with van der Waals surface area (Å²) in [6.07, 6.45) is 2.98. The average molecular weight is 674 g/mol. The second-order valence-corrected chi connectivity index (χ2v) is 12.0. The molecular formula is C35H30Cl2N4O4S. The van der Waals surface area contributed by atoms with Gasteiger partial charge in [0.25, 0.3) is 0 Å². The molecule has 5 aromatic rings. The van der Waals surface area contributed by atoms with Crippen molar-refractivity contribution in [3.8, 4) is 5.75 Å². The molecular weight excluding hydrogens is 643 g/mol. The number of fused-ring (bicyclic) bond motifs is 1. The summed E-state index contributed by atoms with van der Waals surface area (Å²) in [6.45, 7) is 3.23. The number of aryl methyl sites for hydroxylation is 1. The molecule has 11 heteroatoms. The van der Waals surface area contributed by atoms with E-state index in [-0.39, 0.29) is 30.0 Å². The average Bonchev–Trinajstić information content (AvgIpc) is 3.57. The molecule has 0 radical (unpaired) electrons. The van der Waals surface area contributed by atoms with E-state index in [0.717, 1.165) is 32.8 Å². The van der Waals surface area contributed by atoms with E-state index in [1.54, 1.807) is 30.2 Å². The first-order valence-corrected chi connectivity index (χ1v) is 15.9. The number of thiophene rings is 1. The Bertz CT molecular complexity index is 1930. The van der Waals surface area contributed by atoms with E-state index in [9.17, 15) is 14.4 Å². The third-order valence-corrected chi connectivity index (χ3v) is 8.76. The quantitative estimate of drug-likeness (QED) is 0.152. The highest BCUT2D eigenvalue weighted by molar-refractivity contribution is 7.14. The van der Waals surface area contributed by atoms with Gasteiger partial charge in [0.2, 0.25) is 17.7 Å². The van der Waals surface area contributed by atoms with Gasteiger partial charge in [-0.15, -0.1) is 11.3 Å². The topological polar surface area (TPSA) is 91.8 Å². The number of nitrogens with zero attached hydrogens (tertiary/aromatic N) is 3. The molecule has 0 unspecified atom stereocenters. The van der Waals surface area contributed by atoms with Gasteiger partial charge in [-0.2, -0.15) is 0 Å². The van der Waals surface area contributed by atoms with Gasteiger partial charge in [-0.3, -0.25) is 19.3 Å². The lowest BCUT2D eigenvalue weighted by molar-refractivity contribution is -0.122. The van der Waals surface area contributed by atoms with Crippen molar-refractivity contribution in [3.05, 3.63) is 117 Å². The molecule has 8 nitrogen and oxygen atoms in total. The zero-order valence-corrected chi connectivity index (χ0v) is 27.6. The second-order valence-electron chi connectivity index (χ2n) is 10.3. The van der Waals surface area contributed by atoms with Crippen LogP contribution >= 0.6 is 34.5 Å². The molecule has 0 fully saturated rings. The first-order valence-electron chi connectivity index (χ1n) is 14.2. The fourth-order valence-electron chi connectivity index (χ4n) is 4.70. The zero-order chi connectivity index (χ0) is 32.8. The number of para-hydroxylation sites is 1. The molecule has 3 amide bonds. The Morgan fingerprint density at radius 2 is 1.76 bits per heavy atom. The van der Waals surface area contributed by atoms with Gasteiger partial charge in [-0.1, -0.05) is 53.5 Å². The van der Waals surface area contributed by atoms with Crippen molar-refractivity contribution in [2.24, 2.45) is 0 Å². The Labute approximate surface area is 280 Å². The molecule has 0 saturated carbocycles. The maximum Gasteiger partial charge on any atom is 0.246 e. The van der Waals surface area contributed by atoms with Gasteiger partial charge < -0.3 is 15.0 Å². The van der Waals surface area contributed by atoms with Crippen LogP contribution in [0.15, 0.2) is 90.3 Å². The number of nitrogens with one attached hydrogen (secondary N) is 1. The molecule has 0 aliphatic rings. The van der Waals surface area contributed by atoms with Crippen LogP contribution in [0.4, 0.5) is 16.4 Å². The van der Waals surface area contributed by atoms with Gasteiger partial charge in [-0.05, 0) is 72.5 Å². The number of benzene rings is 3. The van der Waals surface area contributed by atoms with E-state index in [0.29, 0.717) is 22.0 Å². The number of carbonyl (C=O) groups excluding carboxylic acids is 3. The van der Waals surface area contributed by atoms with Crippen LogP contribution < -0.4 is 19.9 Å². The highest BCUT2D eigenvalue weighted by Crippen LogP contribution is 2.35. The lowest BCUT2D eigenvalue weighted by atomic mass is 10.1. The van der Waals surface area contributed by atoms with Crippen LogP contribution in [0, 0.1) is 6.92 Å². The summed E-state index contributed by atoms with van der Waals surface area (Å²) in [6, 6.07) is 23.9. The van der Waals surface area contributed by atoms with Crippen molar-refractivity contribution in [2.45, 2.75) is 20.5 Å².